The predicted octanol–water partition coefficient (Wildman–Crippen LogP) is 3.08. The zero-order valence-electron chi connectivity index (χ0n) is 12.1. The molecular weight excluding hydrogens is 236 g/mol. The zero-order chi connectivity index (χ0) is 13.9. The molecule has 0 saturated heterocycles. The van der Waals surface area contributed by atoms with Crippen molar-refractivity contribution in [3.8, 4) is 0 Å². The first-order valence-electron chi connectivity index (χ1n) is 6.65. The van der Waals surface area contributed by atoms with Crippen LogP contribution in [0, 0.1) is 0 Å². The molecule has 0 bridgehead atoms. The first-order valence-corrected chi connectivity index (χ1v) is 6.65. The Hall–Kier alpha value is -1.84. The predicted molar refractivity (Wildman–Crippen MR) is 78.2 cm³/mol. The number of nitrogens with one attached hydrogen (secondary N) is 1. The van der Waals surface area contributed by atoms with Gasteiger partial charge in [-0.1, -0.05) is 26.8 Å². The van der Waals surface area contributed by atoms with Crippen molar-refractivity contribution in [2.24, 2.45) is 0 Å². The Morgan fingerprint density at radius 3 is 2.63 bits per heavy atom. The molecule has 0 radical (unpaired) electrons. The SMILES string of the molecule is CC(Cn1cccn1)Nc1ccc(C(C)(C)C)cn1. The van der Waals surface area contributed by atoms with Gasteiger partial charge in [0.05, 0.1) is 6.54 Å². The Bertz CT molecular complexity index is 494. The molecule has 1 unspecified atom stereocenters. The molecule has 19 heavy (non-hydrogen) atoms. The lowest BCUT2D eigenvalue weighted by atomic mass is 9.88. The van der Waals surface area contributed by atoms with Gasteiger partial charge in [0, 0.05) is 24.6 Å². The highest BCUT2D eigenvalue weighted by atomic mass is 15.3. The molecule has 0 amide bonds. The molecule has 0 fully saturated rings. The van der Waals surface area contributed by atoms with E-state index in [1.165, 1.54) is 5.56 Å². The highest BCUT2D eigenvalue weighted by Crippen LogP contribution is 2.22. The van der Waals surface area contributed by atoms with Gasteiger partial charge in [-0.25, -0.2) is 4.98 Å². The molecule has 0 aromatic carbocycles. The average molecular weight is 258 g/mol. The normalized spacial score (nSPS) is 13.3. The molecule has 0 saturated carbocycles. The standard InChI is InChI=1S/C15H22N4/c1-12(11-19-9-5-8-17-19)18-14-7-6-13(10-16-14)15(2,3)4/h5-10,12H,11H2,1-4H3,(H,16,18). The Labute approximate surface area is 114 Å². The number of aromatic nitrogens is 3. The fourth-order valence-electron chi connectivity index (χ4n) is 1.91. The van der Waals surface area contributed by atoms with E-state index < -0.39 is 0 Å². The molecular formula is C15H22N4. The second-order valence-electron chi connectivity index (χ2n) is 5.96. The van der Waals surface area contributed by atoms with Crippen LogP contribution in [-0.2, 0) is 12.0 Å². The van der Waals surface area contributed by atoms with Crippen LogP contribution < -0.4 is 5.32 Å². The summed E-state index contributed by atoms with van der Waals surface area (Å²) in [6.45, 7) is 9.53. The molecule has 2 rings (SSSR count). The molecule has 1 N–H and O–H groups in total. The van der Waals surface area contributed by atoms with Crippen molar-refractivity contribution in [2.45, 2.75) is 45.7 Å². The topological polar surface area (TPSA) is 42.7 Å². The minimum absolute atomic E-state index is 0.145. The van der Waals surface area contributed by atoms with Gasteiger partial charge < -0.3 is 5.32 Å². The zero-order valence-corrected chi connectivity index (χ0v) is 12.1. The van der Waals surface area contributed by atoms with Crippen molar-refractivity contribution in [3.63, 3.8) is 0 Å². The molecule has 0 aliphatic rings. The summed E-state index contributed by atoms with van der Waals surface area (Å²) in [5, 5.41) is 7.59. The van der Waals surface area contributed by atoms with E-state index in [2.05, 4.69) is 49.2 Å². The van der Waals surface area contributed by atoms with Crippen molar-refractivity contribution in [3.05, 3.63) is 42.4 Å². The van der Waals surface area contributed by atoms with E-state index in [-0.39, 0.29) is 11.5 Å². The van der Waals surface area contributed by atoms with Crippen molar-refractivity contribution in [1.82, 2.24) is 14.8 Å². The maximum absolute atomic E-state index is 4.47. The summed E-state index contributed by atoms with van der Waals surface area (Å²) >= 11 is 0. The lowest BCUT2D eigenvalue weighted by molar-refractivity contribution is 0.559. The largest absolute Gasteiger partial charge is 0.366 e. The number of nitrogens with zero attached hydrogens (tertiary/aromatic N) is 3. The fraction of sp³-hybridized carbons (Fsp3) is 0.467. The van der Waals surface area contributed by atoms with Crippen LogP contribution in [0.4, 0.5) is 5.82 Å². The maximum Gasteiger partial charge on any atom is 0.126 e. The van der Waals surface area contributed by atoms with Gasteiger partial charge >= 0.3 is 0 Å². The fourth-order valence-corrected chi connectivity index (χ4v) is 1.91. The maximum atomic E-state index is 4.47. The third kappa shape index (κ3) is 3.81. The van der Waals surface area contributed by atoms with E-state index in [0.29, 0.717) is 0 Å². The Morgan fingerprint density at radius 1 is 1.32 bits per heavy atom. The van der Waals surface area contributed by atoms with Gasteiger partial charge in [0.1, 0.15) is 5.82 Å². The third-order valence-corrected chi connectivity index (χ3v) is 3.04. The van der Waals surface area contributed by atoms with E-state index in [1.807, 2.05) is 29.2 Å². The molecule has 2 aromatic heterocycles. The Morgan fingerprint density at radius 2 is 2.11 bits per heavy atom. The lowest BCUT2D eigenvalue weighted by Gasteiger charge is -2.19. The third-order valence-electron chi connectivity index (χ3n) is 3.04. The Balaban J connectivity index is 1.96. The van der Waals surface area contributed by atoms with Gasteiger partial charge in [0.2, 0.25) is 0 Å². The summed E-state index contributed by atoms with van der Waals surface area (Å²) in [7, 11) is 0. The number of rotatable bonds is 4. The second kappa shape index (κ2) is 5.43. The monoisotopic (exact) mass is 258 g/mol. The molecule has 1 atom stereocenters. The molecule has 2 heterocycles. The highest BCUT2D eigenvalue weighted by molar-refractivity contribution is 5.37. The molecule has 2 aromatic rings. The summed E-state index contributed by atoms with van der Waals surface area (Å²) in [5.74, 6) is 0.910. The van der Waals surface area contributed by atoms with E-state index in [1.54, 1.807) is 6.20 Å². The van der Waals surface area contributed by atoms with Gasteiger partial charge in [0.25, 0.3) is 0 Å². The van der Waals surface area contributed by atoms with Gasteiger partial charge in [-0.15, -0.1) is 0 Å². The summed E-state index contributed by atoms with van der Waals surface area (Å²) in [4.78, 5) is 4.47. The molecule has 4 heteroatoms. The van der Waals surface area contributed by atoms with Crippen molar-refractivity contribution >= 4 is 5.82 Å². The van der Waals surface area contributed by atoms with Crippen LogP contribution >= 0.6 is 0 Å². The van der Waals surface area contributed by atoms with E-state index in [0.717, 1.165) is 12.4 Å². The second-order valence-corrected chi connectivity index (χ2v) is 5.96. The highest BCUT2D eigenvalue weighted by Gasteiger charge is 2.13. The van der Waals surface area contributed by atoms with Gasteiger partial charge in [-0.2, -0.15) is 5.10 Å². The van der Waals surface area contributed by atoms with Crippen LogP contribution in [0.1, 0.15) is 33.3 Å². The summed E-state index contributed by atoms with van der Waals surface area (Å²) in [5.41, 5.74) is 1.39. The van der Waals surface area contributed by atoms with Crippen LogP contribution in [0.25, 0.3) is 0 Å². The van der Waals surface area contributed by atoms with Crippen molar-refractivity contribution < 1.29 is 0 Å². The van der Waals surface area contributed by atoms with E-state index >= 15 is 0 Å². The van der Waals surface area contributed by atoms with Crippen LogP contribution in [0.2, 0.25) is 0 Å². The minimum Gasteiger partial charge on any atom is -0.366 e. The quantitative estimate of drug-likeness (QED) is 0.916. The van der Waals surface area contributed by atoms with E-state index in [4.69, 9.17) is 0 Å². The first kappa shape index (κ1) is 13.6. The van der Waals surface area contributed by atoms with Crippen LogP contribution in [-0.4, -0.2) is 20.8 Å². The molecule has 0 spiro atoms. The average Bonchev–Trinajstić information content (AvgIpc) is 2.81. The van der Waals surface area contributed by atoms with Gasteiger partial charge in [-0.3, -0.25) is 4.68 Å². The number of hydrogen-bond donors (Lipinski definition) is 1. The van der Waals surface area contributed by atoms with Gasteiger partial charge in [0.15, 0.2) is 0 Å². The van der Waals surface area contributed by atoms with Crippen LogP contribution in [0.5, 0.6) is 0 Å². The van der Waals surface area contributed by atoms with Crippen LogP contribution in [0.3, 0.4) is 0 Å². The molecule has 4 nitrogen and oxygen atoms in total. The van der Waals surface area contributed by atoms with Crippen LogP contribution in [0.15, 0.2) is 36.8 Å². The number of hydrogen-bond acceptors (Lipinski definition) is 3. The lowest BCUT2D eigenvalue weighted by Crippen LogP contribution is -2.23. The molecule has 0 aliphatic heterocycles. The van der Waals surface area contributed by atoms with Crippen molar-refractivity contribution in [1.29, 1.82) is 0 Å². The smallest absolute Gasteiger partial charge is 0.126 e. The molecule has 102 valence electrons. The Kier molecular flexibility index (Phi) is 3.88. The number of anilines is 1. The minimum atomic E-state index is 0.145. The van der Waals surface area contributed by atoms with Crippen molar-refractivity contribution in [2.75, 3.05) is 5.32 Å². The van der Waals surface area contributed by atoms with Gasteiger partial charge in [-0.05, 0) is 30.0 Å². The summed E-state index contributed by atoms with van der Waals surface area (Å²) < 4.78 is 1.92. The summed E-state index contributed by atoms with van der Waals surface area (Å²) in [6.07, 6.45) is 5.71. The first-order chi connectivity index (χ1) is 8.95. The summed E-state index contributed by atoms with van der Waals surface area (Å²) in [6, 6.07) is 6.40. The molecule has 0 aliphatic carbocycles. The van der Waals surface area contributed by atoms with E-state index in [9.17, 15) is 0 Å². The number of pyridine rings is 1.